The van der Waals surface area contributed by atoms with Crippen molar-refractivity contribution in [2.24, 2.45) is 7.05 Å². The van der Waals surface area contributed by atoms with Gasteiger partial charge in [-0.2, -0.15) is 5.10 Å². The van der Waals surface area contributed by atoms with Crippen LogP contribution in [-0.2, 0) is 7.05 Å². The summed E-state index contributed by atoms with van der Waals surface area (Å²) in [6.07, 6.45) is 3.56. The van der Waals surface area contributed by atoms with Crippen LogP contribution < -0.4 is 5.73 Å². The molecule has 4 nitrogen and oxygen atoms in total. The maximum atomic E-state index is 6.17. The van der Waals surface area contributed by atoms with Crippen molar-refractivity contribution in [3.05, 3.63) is 52.4 Å². The molecule has 0 bridgehead atoms. The first-order valence-corrected chi connectivity index (χ1v) is 7.23. The Kier molecular flexibility index (Phi) is 3.43. The number of pyridine rings is 1. The van der Waals surface area contributed by atoms with Gasteiger partial charge in [-0.3, -0.25) is 9.67 Å². The van der Waals surface area contributed by atoms with Gasteiger partial charge in [0.25, 0.3) is 0 Å². The van der Waals surface area contributed by atoms with Gasteiger partial charge in [0.15, 0.2) is 0 Å². The molecule has 100 valence electrons. The minimum Gasteiger partial charge on any atom is -0.383 e. The van der Waals surface area contributed by atoms with Gasteiger partial charge >= 0.3 is 0 Å². The number of nitrogens with zero attached hydrogens (tertiary/aromatic N) is 3. The van der Waals surface area contributed by atoms with Crippen molar-refractivity contribution >= 4 is 28.4 Å². The maximum absolute atomic E-state index is 6.17. The van der Waals surface area contributed by atoms with Gasteiger partial charge in [0.2, 0.25) is 0 Å². The average Bonchev–Trinajstić information content (AvgIpc) is 2.77. The first-order chi connectivity index (χ1) is 9.66. The lowest BCUT2D eigenvalue weighted by Gasteiger charge is -2.04. The van der Waals surface area contributed by atoms with E-state index in [4.69, 9.17) is 5.73 Å². The van der Waals surface area contributed by atoms with Crippen molar-refractivity contribution in [3.63, 3.8) is 0 Å². The highest BCUT2D eigenvalue weighted by atomic mass is 127. The van der Waals surface area contributed by atoms with Gasteiger partial charge in [0.05, 0.1) is 5.56 Å². The molecule has 0 saturated carbocycles. The van der Waals surface area contributed by atoms with Crippen molar-refractivity contribution in [1.82, 2.24) is 14.8 Å². The Labute approximate surface area is 130 Å². The molecule has 0 aliphatic rings. The highest BCUT2D eigenvalue weighted by molar-refractivity contribution is 14.1. The molecule has 2 heterocycles. The van der Waals surface area contributed by atoms with Gasteiger partial charge in [-0.15, -0.1) is 0 Å². The number of aromatic nitrogens is 3. The zero-order valence-corrected chi connectivity index (χ0v) is 13.1. The lowest BCUT2D eigenvalue weighted by Crippen LogP contribution is -1.98. The highest BCUT2D eigenvalue weighted by Gasteiger charge is 2.17. The van der Waals surface area contributed by atoms with Gasteiger partial charge in [-0.1, -0.05) is 18.2 Å². The fourth-order valence-electron chi connectivity index (χ4n) is 2.14. The van der Waals surface area contributed by atoms with E-state index in [-0.39, 0.29) is 0 Å². The first kappa shape index (κ1) is 13.1. The third kappa shape index (κ3) is 2.29. The lowest BCUT2D eigenvalue weighted by atomic mass is 10.0. The highest BCUT2D eigenvalue weighted by Crippen LogP contribution is 2.35. The SMILES string of the molecule is Cn1nc(-c2ccc(I)cc2)c(-c2cccnc2)c1N. The van der Waals surface area contributed by atoms with Crippen molar-refractivity contribution in [2.45, 2.75) is 0 Å². The number of rotatable bonds is 2. The quantitative estimate of drug-likeness (QED) is 0.698. The summed E-state index contributed by atoms with van der Waals surface area (Å²) >= 11 is 2.29. The summed E-state index contributed by atoms with van der Waals surface area (Å²) in [4.78, 5) is 4.17. The topological polar surface area (TPSA) is 56.7 Å². The molecule has 20 heavy (non-hydrogen) atoms. The van der Waals surface area contributed by atoms with E-state index < -0.39 is 0 Å². The molecule has 0 amide bonds. The number of hydrogen-bond acceptors (Lipinski definition) is 3. The Balaban J connectivity index is 2.22. The van der Waals surface area contributed by atoms with Gasteiger partial charge in [0, 0.05) is 34.1 Å². The fourth-order valence-corrected chi connectivity index (χ4v) is 2.50. The largest absolute Gasteiger partial charge is 0.383 e. The Morgan fingerprint density at radius 2 is 1.85 bits per heavy atom. The molecule has 0 unspecified atom stereocenters. The number of hydrogen-bond donors (Lipinski definition) is 1. The van der Waals surface area contributed by atoms with Crippen LogP contribution in [0.2, 0.25) is 0 Å². The van der Waals surface area contributed by atoms with Crippen LogP contribution in [0.15, 0.2) is 48.8 Å². The molecular weight excluding hydrogens is 363 g/mol. The molecule has 0 aliphatic carbocycles. The summed E-state index contributed by atoms with van der Waals surface area (Å²) < 4.78 is 2.90. The van der Waals surface area contributed by atoms with Crippen molar-refractivity contribution in [2.75, 3.05) is 5.73 Å². The normalized spacial score (nSPS) is 10.7. The van der Waals surface area contributed by atoms with Gasteiger partial charge in [-0.05, 0) is 40.8 Å². The Morgan fingerprint density at radius 3 is 2.50 bits per heavy atom. The van der Waals surface area contributed by atoms with Crippen LogP contribution in [0.25, 0.3) is 22.4 Å². The third-order valence-corrected chi connectivity index (χ3v) is 3.88. The Morgan fingerprint density at radius 1 is 1.10 bits per heavy atom. The van der Waals surface area contributed by atoms with Gasteiger partial charge < -0.3 is 5.73 Å². The number of nitrogen functional groups attached to an aromatic ring is 1. The van der Waals surface area contributed by atoms with Gasteiger partial charge in [0.1, 0.15) is 11.5 Å². The standard InChI is InChI=1S/C15H13IN4/c1-20-15(17)13(11-3-2-8-18-9-11)14(19-20)10-4-6-12(16)7-5-10/h2-9H,17H2,1H3. The molecule has 3 aromatic rings. The second-order valence-corrected chi connectivity index (χ2v) is 5.73. The molecule has 1 aromatic carbocycles. The number of halogens is 1. The minimum absolute atomic E-state index is 0.645. The van der Waals surface area contributed by atoms with E-state index >= 15 is 0 Å². The van der Waals surface area contributed by atoms with E-state index in [0.29, 0.717) is 5.82 Å². The van der Waals surface area contributed by atoms with Crippen LogP contribution in [0.3, 0.4) is 0 Å². The summed E-state index contributed by atoms with van der Waals surface area (Å²) in [6, 6.07) is 12.1. The number of anilines is 1. The zero-order chi connectivity index (χ0) is 14.1. The fraction of sp³-hybridized carbons (Fsp3) is 0.0667. The predicted octanol–water partition coefficient (Wildman–Crippen LogP) is 3.34. The Bertz CT molecular complexity index is 733. The summed E-state index contributed by atoms with van der Waals surface area (Å²) in [5, 5.41) is 4.55. The average molecular weight is 376 g/mol. The van der Waals surface area contributed by atoms with Crippen LogP contribution in [0.5, 0.6) is 0 Å². The first-order valence-electron chi connectivity index (χ1n) is 6.15. The Hall–Kier alpha value is -1.89. The molecule has 0 aliphatic heterocycles. The molecule has 5 heteroatoms. The summed E-state index contributed by atoms with van der Waals surface area (Å²) in [5.41, 5.74) is 10.0. The molecule has 2 aromatic heterocycles. The number of nitrogens with two attached hydrogens (primary N) is 1. The molecule has 0 saturated heterocycles. The second kappa shape index (κ2) is 5.24. The van der Waals surface area contributed by atoms with E-state index in [1.165, 1.54) is 3.57 Å². The molecule has 0 radical (unpaired) electrons. The molecule has 0 atom stereocenters. The van der Waals surface area contributed by atoms with Gasteiger partial charge in [-0.25, -0.2) is 0 Å². The number of aryl methyl sites for hydroxylation is 1. The lowest BCUT2D eigenvalue weighted by molar-refractivity contribution is 0.782. The summed E-state index contributed by atoms with van der Waals surface area (Å²) in [6.45, 7) is 0. The smallest absolute Gasteiger partial charge is 0.129 e. The van der Waals surface area contributed by atoms with Crippen molar-refractivity contribution < 1.29 is 0 Å². The van der Waals surface area contributed by atoms with E-state index in [1.807, 2.05) is 25.4 Å². The monoisotopic (exact) mass is 376 g/mol. The maximum Gasteiger partial charge on any atom is 0.129 e. The van der Waals surface area contributed by atoms with E-state index in [2.05, 4.69) is 56.9 Å². The van der Waals surface area contributed by atoms with Crippen LogP contribution >= 0.6 is 22.6 Å². The van der Waals surface area contributed by atoms with Crippen LogP contribution in [0.4, 0.5) is 5.82 Å². The van der Waals surface area contributed by atoms with Crippen LogP contribution in [-0.4, -0.2) is 14.8 Å². The molecular formula is C15H13IN4. The number of benzene rings is 1. The van der Waals surface area contributed by atoms with Crippen LogP contribution in [0.1, 0.15) is 0 Å². The predicted molar refractivity (Wildman–Crippen MR) is 89.0 cm³/mol. The molecule has 3 rings (SSSR count). The molecule has 0 spiro atoms. The zero-order valence-electron chi connectivity index (χ0n) is 10.9. The third-order valence-electron chi connectivity index (χ3n) is 3.16. The van der Waals surface area contributed by atoms with E-state index in [0.717, 1.165) is 22.4 Å². The minimum atomic E-state index is 0.645. The van der Waals surface area contributed by atoms with E-state index in [1.54, 1.807) is 10.9 Å². The summed E-state index contributed by atoms with van der Waals surface area (Å²) in [5.74, 6) is 0.645. The summed E-state index contributed by atoms with van der Waals surface area (Å²) in [7, 11) is 1.85. The van der Waals surface area contributed by atoms with Crippen molar-refractivity contribution in [3.8, 4) is 22.4 Å². The van der Waals surface area contributed by atoms with E-state index in [9.17, 15) is 0 Å². The van der Waals surface area contributed by atoms with Crippen molar-refractivity contribution in [1.29, 1.82) is 0 Å². The van der Waals surface area contributed by atoms with Crippen LogP contribution in [0, 0.1) is 3.57 Å². The molecule has 0 fully saturated rings. The second-order valence-electron chi connectivity index (χ2n) is 4.48. The molecule has 2 N–H and O–H groups in total.